The average molecular weight is 515 g/mol. The molecule has 0 atom stereocenters. The van der Waals surface area contributed by atoms with Crippen molar-refractivity contribution >= 4 is 50.6 Å². The van der Waals surface area contributed by atoms with Gasteiger partial charge in [0, 0.05) is 49.3 Å². The van der Waals surface area contributed by atoms with Gasteiger partial charge in [0.1, 0.15) is 0 Å². The lowest BCUT2D eigenvalue weighted by molar-refractivity contribution is -0.131. The summed E-state index contributed by atoms with van der Waals surface area (Å²) in [6.45, 7) is 3.83. The summed E-state index contributed by atoms with van der Waals surface area (Å²) < 4.78 is 2.92. The first-order chi connectivity index (χ1) is 15.5. The number of nitrogens with one attached hydrogen (secondary N) is 1. The molecular formula is C24H27BrN4O2S. The first kappa shape index (κ1) is 22.7. The summed E-state index contributed by atoms with van der Waals surface area (Å²) in [5.74, 6) is 0.225. The molecule has 1 N–H and O–H groups in total. The van der Waals surface area contributed by atoms with Gasteiger partial charge in [0.15, 0.2) is 4.77 Å². The number of benzene rings is 2. The fraction of sp³-hybridized carbons (Fsp3) is 0.375. The Kier molecular flexibility index (Phi) is 7.42. The summed E-state index contributed by atoms with van der Waals surface area (Å²) in [6, 6.07) is 15.9. The van der Waals surface area contributed by atoms with E-state index in [4.69, 9.17) is 12.2 Å². The predicted molar refractivity (Wildman–Crippen MR) is 135 cm³/mol. The first-order valence-electron chi connectivity index (χ1n) is 11.0. The van der Waals surface area contributed by atoms with Crippen molar-refractivity contribution in [2.45, 2.75) is 32.2 Å². The maximum Gasteiger partial charge on any atom is 0.262 e. The number of fused-ring (bicyclic) bond motifs is 1. The number of aromatic nitrogens is 2. The minimum absolute atomic E-state index is 0.0718. The number of halogens is 1. The van der Waals surface area contributed by atoms with E-state index in [9.17, 15) is 9.59 Å². The molecule has 6 nitrogen and oxygen atoms in total. The predicted octanol–water partition coefficient (Wildman–Crippen LogP) is 4.73. The van der Waals surface area contributed by atoms with Gasteiger partial charge in [-0.25, -0.2) is 0 Å². The molecule has 0 radical (unpaired) electrons. The number of H-pyrrole nitrogens is 1. The maximum atomic E-state index is 12.8. The van der Waals surface area contributed by atoms with E-state index in [-0.39, 0.29) is 11.5 Å². The fourth-order valence-electron chi connectivity index (χ4n) is 4.16. The lowest BCUT2D eigenvalue weighted by Crippen LogP contribution is -2.48. The molecule has 32 heavy (non-hydrogen) atoms. The largest absolute Gasteiger partial charge is 0.368 e. The van der Waals surface area contributed by atoms with Crippen LogP contribution >= 0.6 is 28.1 Å². The molecule has 3 aromatic rings. The summed E-state index contributed by atoms with van der Waals surface area (Å²) in [5.41, 5.74) is 1.89. The van der Waals surface area contributed by atoms with E-state index in [0.29, 0.717) is 23.1 Å². The number of carbonyl (C=O) groups excluding carboxylic acids is 1. The highest BCUT2D eigenvalue weighted by Gasteiger charge is 2.20. The molecule has 1 fully saturated rings. The van der Waals surface area contributed by atoms with Crippen LogP contribution in [0.25, 0.3) is 10.9 Å². The van der Waals surface area contributed by atoms with E-state index in [1.54, 1.807) is 4.57 Å². The monoisotopic (exact) mass is 514 g/mol. The molecule has 0 aliphatic carbocycles. The molecule has 0 saturated carbocycles. The molecule has 1 aliphatic rings. The zero-order valence-corrected chi connectivity index (χ0v) is 20.3. The lowest BCUT2D eigenvalue weighted by atomic mass is 10.1. The molecule has 2 aromatic carbocycles. The number of anilines is 1. The van der Waals surface area contributed by atoms with Crippen LogP contribution in [-0.4, -0.2) is 46.5 Å². The van der Waals surface area contributed by atoms with Crippen LogP contribution in [0, 0.1) is 4.77 Å². The standard InChI is InChI=1S/C24H27BrN4O2S/c25-18-10-11-21-20(17-18)23(31)29(24(32)26-21)12-6-2-5-9-22(30)28-15-13-27(14-16-28)19-7-3-1-4-8-19/h1,3-4,7-8,10-11,17H,2,5-6,9,12-16H2,(H,26,32). The highest BCUT2D eigenvalue weighted by atomic mass is 79.9. The first-order valence-corrected chi connectivity index (χ1v) is 12.2. The van der Waals surface area contributed by atoms with Gasteiger partial charge < -0.3 is 14.8 Å². The number of carbonyl (C=O) groups is 1. The summed E-state index contributed by atoms with van der Waals surface area (Å²) in [6.07, 6.45) is 3.07. The molecular weight excluding hydrogens is 488 g/mol. The summed E-state index contributed by atoms with van der Waals surface area (Å²) >= 11 is 8.80. The Morgan fingerprint density at radius 1 is 1.00 bits per heavy atom. The zero-order chi connectivity index (χ0) is 22.5. The van der Waals surface area contributed by atoms with Gasteiger partial charge in [0.2, 0.25) is 5.91 Å². The summed E-state index contributed by atoms with van der Waals surface area (Å²) in [7, 11) is 0. The van der Waals surface area contributed by atoms with Crippen LogP contribution in [0.4, 0.5) is 5.69 Å². The minimum atomic E-state index is -0.0718. The molecule has 0 unspecified atom stereocenters. The van der Waals surface area contributed by atoms with Crippen molar-refractivity contribution in [3.05, 3.63) is 68.1 Å². The van der Waals surface area contributed by atoms with E-state index >= 15 is 0 Å². The normalized spacial score (nSPS) is 14.2. The van der Waals surface area contributed by atoms with E-state index in [1.807, 2.05) is 41.3 Å². The number of amides is 1. The van der Waals surface area contributed by atoms with E-state index < -0.39 is 0 Å². The number of unbranched alkanes of at least 4 members (excludes halogenated alkanes) is 2. The topological polar surface area (TPSA) is 61.3 Å². The van der Waals surface area contributed by atoms with Gasteiger partial charge in [-0.2, -0.15) is 0 Å². The molecule has 168 valence electrons. The van der Waals surface area contributed by atoms with Gasteiger partial charge in [-0.1, -0.05) is 40.5 Å². The van der Waals surface area contributed by atoms with Crippen LogP contribution < -0.4 is 10.5 Å². The molecule has 1 saturated heterocycles. The highest BCUT2D eigenvalue weighted by Crippen LogP contribution is 2.17. The maximum absolute atomic E-state index is 12.8. The number of para-hydroxylation sites is 1. The van der Waals surface area contributed by atoms with Gasteiger partial charge in [0.05, 0.1) is 10.9 Å². The van der Waals surface area contributed by atoms with Crippen molar-refractivity contribution in [3.8, 4) is 0 Å². The second-order valence-corrected chi connectivity index (χ2v) is 9.39. The van der Waals surface area contributed by atoms with Gasteiger partial charge in [-0.3, -0.25) is 14.2 Å². The molecule has 2 heterocycles. The van der Waals surface area contributed by atoms with Crippen LogP contribution in [0.5, 0.6) is 0 Å². The van der Waals surface area contributed by atoms with Gasteiger partial charge >= 0.3 is 0 Å². The second-order valence-electron chi connectivity index (χ2n) is 8.09. The van der Waals surface area contributed by atoms with Crippen molar-refractivity contribution in [1.29, 1.82) is 0 Å². The molecule has 1 aromatic heterocycles. The smallest absolute Gasteiger partial charge is 0.262 e. The quantitative estimate of drug-likeness (QED) is 0.365. The molecule has 4 rings (SSSR count). The Morgan fingerprint density at radius 2 is 1.75 bits per heavy atom. The van der Waals surface area contributed by atoms with E-state index in [2.05, 4.69) is 37.9 Å². The van der Waals surface area contributed by atoms with Crippen LogP contribution in [0.1, 0.15) is 25.7 Å². The Labute approximate surface area is 201 Å². The van der Waals surface area contributed by atoms with E-state index in [1.165, 1.54) is 5.69 Å². The van der Waals surface area contributed by atoms with Crippen molar-refractivity contribution < 1.29 is 4.79 Å². The number of hydrogen-bond acceptors (Lipinski definition) is 4. The van der Waals surface area contributed by atoms with Crippen molar-refractivity contribution in [2.24, 2.45) is 0 Å². The second kappa shape index (κ2) is 10.4. The zero-order valence-electron chi connectivity index (χ0n) is 17.9. The molecule has 1 aliphatic heterocycles. The van der Waals surface area contributed by atoms with Crippen molar-refractivity contribution in [2.75, 3.05) is 31.1 Å². The highest BCUT2D eigenvalue weighted by molar-refractivity contribution is 9.10. The Hall–Kier alpha value is -2.45. The molecule has 0 bridgehead atoms. The van der Waals surface area contributed by atoms with Gasteiger partial charge in [-0.05, 0) is 55.4 Å². The number of nitrogens with zero attached hydrogens (tertiary/aromatic N) is 3. The summed E-state index contributed by atoms with van der Waals surface area (Å²) in [4.78, 5) is 32.8. The van der Waals surface area contributed by atoms with E-state index in [0.717, 1.165) is 55.4 Å². The van der Waals surface area contributed by atoms with Crippen molar-refractivity contribution in [3.63, 3.8) is 0 Å². The van der Waals surface area contributed by atoms with Crippen LogP contribution in [0.3, 0.4) is 0 Å². The Balaban J connectivity index is 1.23. The lowest BCUT2D eigenvalue weighted by Gasteiger charge is -2.36. The number of aromatic amines is 1. The third-order valence-corrected chi connectivity index (χ3v) is 6.79. The molecule has 0 spiro atoms. The number of piperazine rings is 1. The Morgan fingerprint density at radius 3 is 2.50 bits per heavy atom. The minimum Gasteiger partial charge on any atom is -0.368 e. The summed E-state index contributed by atoms with van der Waals surface area (Å²) in [5, 5.41) is 0.623. The fourth-order valence-corrected chi connectivity index (χ4v) is 4.80. The number of hydrogen-bond donors (Lipinski definition) is 1. The Bertz CT molecular complexity index is 1200. The SMILES string of the molecule is O=C(CCCCCn1c(=S)[nH]c2ccc(Br)cc2c1=O)N1CCN(c2ccccc2)CC1. The van der Waals surface area contributed by atoms with Crippen LogP contribution in [0.15, 0.2) is 57.8 Å². The van der Waals surface area contributed by atoms with Gasteiger partial charge in [-0.15, -0.1) is 0 Å². The van der Waals surface area contributed by atoms with Crippen LogP contribution in [-0.2, 0) is 11.3 Å². The average Bonchev–Trinajstić information content (AvgIpc) is 2.82. The third kappa shape index (κ3) is 5.30. The van der Waals surface area contributed by atoms with Gasteiger partial charge in [0.25, 0.3) is 5.56 Å². The number of rotatable bonds is 7. The van der Waals surface area contributed by atoms with Crippen LogP contribution in [0.2, 0.25) is 0 Å². The third-order valence-electron chi connectivity index (χ3n) is 5.97. The molecule has 8 heteroatoms. The van der Waals surface area contributed by atoms with Crippen molar-refractivity contribution in [1.82, 2.24) is 14.5 Å². The molecule has 1 amide bonds.